The number of fused-ring (bicyclic) bond motifs is 1. The molecule has 0 aliphatic heterocycles. The van der Waals surface area contributed by atoms with Crippen LogP contribution in [0.1, 0.15) is 30.0 Å². The molecule has 1 aliphatic carbocycles. The predicted molar refractivity (Wildman–Crippen MR) is 82.8 cm³/mol. The summed E-state index contributed by atoms with van der Waals surface area (Å²) in [5.41, 5.74) is 5.32. The quantitative estimate of drug-likeness (QED) is 0.797. The van der Waals surface area contributed by atoms with Crippen molar-refractivity contribution in [2.24, 2.45) is 0 Å². The third-order valence-corrected chi connectivity index (χ3v) is 4.07. The molecule has 5 heteroatoms. The highest BCUT2D eigenvalue weighted by Gasteiger charge is 2.26. The molecule has 2 aromatic heterocycles. The van der Waals surface area contributed by atoms with E-state index in [1.54, 1.807) is 6.33 Å². The first-order valence-corrected chi connectivity index (χ1v) is 7.24. The van der Waals surface area contributed by atoms with Crippen molar-refractivity contribution in [3.8, 4) is 0 Å². The molecule has 3 aromatic rings. The zero-order valence-corrected chi connectivity index (χ0v) is 12.2. The summed E-state index contributed by atoms with van der Waals surface area (Å²) < 4.78 is 2.16. The fraction of sp³-hybridized carbons (Fsp3) is 0.312. The van der Waals surface area contributed by atoms with Gasteiger partial charge in [-0.05, 0) is 49.9 Å². The molecule has 1 aromatic carbocycles. The summed E-state index contributed by atoms with van der Waals surface area (Å²) >= 11 is 0. The van der Waals surface area contributed by atoms with Crippen molar-refractivity contribution in [1.29, 1.82) is 0 Å². The second-order valence-corrected chi connectivity index (χ2v) is 5.70. The Morgan fingerprint density at radius 2 is 1.95 bits per heavy atom. The Kier molecular flexibility index (Phi) is 2.67. The summed E-state index contributed by atoms with van der Waals surface area (Å²) in [6, 6.07) is 6.87. The zero-order chi connectivity index (χ0) is 14.4. The lowest BCUT2D eigenvalue weighted by Crippen LogP contribution is -1.98. The predicted octanol–water partition coefficient (Wildman–Crippen LogP) is 3.52. The van der Waals surface area contributed by atoms with Crippen LogP contribution in [-0.2, 0) is 0 Å². The Hall–Kier alpha value is -2.43. The number of aryl methyl sites for hydroxylation is 2. The van der Waals surface area contributed by atoms with E-state index < -0.39 is 0 Å². The van der Waals surface area contributed by atoms with Crippen molar-refractivity contribution in [3.05, 3.63) is 42.0 Å². The van der Waals surface area contributed by atoms with Gasteiger partial charge >= 0.3 is 0 Å². The van der Waals surface area contributed by atoms with Gasteiger partial charge in [-0.2, -0.15) is 0 Å². The van der Waals surface area contributed by atoms with Crippen LogP contribution >= 0.6 is 0 Å². The van der Waals surface area contributed by atoms with E-state index in [2.05, 4.69) is 56.9 Å². The van der Waals surface area contributed by atoms with Crippen LogP contribution in [0.2, 0.25) is 0 Å². The van der Waals surface area contributed by atoms with Gasteiger partial charge < -0.3 is 9.88 Å². The molecule has 0 bridgehead atoms. The molecule has 1 fully saturated rings. The molecule has 0 spiro atoms. The maximum Gasteiger partial charge on any atom is 0.165 e. The van der Waals surface area contributed by atoms with Crippen LogP contribution in [0.5, 0.6) is 0 Å². The number of benzene rings is 1. The van der Waals surface area contributed by atoms with Crippen LogP contribution in [0, 0.1) is 13.8 Å². The van der Waals surface area contributed by atoms with Crippen LogP contribution in [-0.4, -0.2) is 19.5 Å². The van der Waals surface area contributed by atoms with Crippen molar-refractivity contribution in [2.75, 3.05) is 5.32 Å². The normalized spacial score (nSPS) is 14.6. The standard InChI is InChI=1S/C16H17N5/c1-10-3-4-12(7-11(10)2)20-15-14-16(18-8-17-15)21(9-19-14)13-5-6-13/h3-4,7-9,13H,5-6H2,1-2H3,(H,17,18,20). The summed E-state index contributed by atoms with van der Waals surface area (Å²) in [6.07, 6.45) is 5.92. The van der Waals surface area contributed by atoms with Gasteiger partial charge in [0.25, 0.3) is 0 Å². The van der Waals surface area contributed by atoms with E-state index in [1.165, 1.54) is 24.0 Å². The van der Waals surface area contributed by atoms with Gasteiger partial charge in [-0.1, -0.05) is 6.07 Å². The third-order valence-electron chi connectivity index (χ3n) is 4.07. The summed E-state index contributed by atoms with van der Waals surface area (Å²) in [5, 5.41) is 3.36. The van der Waals surface area contributed by atoms with Crippen LogP contribution < -0.4 is 5.32 Å². The molecular weight excluding hydrogens is 262 g/mol. The highest BCUT2D eigenvalue weighted by molar-refractivity contribution is 5.85. The van der Waals surface area contributed by atoms with E-state index >= 15 is 0 Å². The van der Waals surface area contributed by atoms with Crippen molar-refractivity contribution in [1.82, 2.24) is 19.5 Å². The number of imidazole rings is 1. The second-order valence-electron chi connectivity index (χ2n) is 5.70. The highest BCUT2D eigenvalue weighted by atomic mass is 15.2. The fourth-order valence-corrected chi connectivity index (χ4v) is 2.52. The van der Waals surface area contributed by atoms with Crippen molar-refractivity contribution in [2.45, 2.75) is 32.7 Å². The SMILES string of the molecule is Cc1ccc(Nc2ncnc3c2ncn3C2CC2)cc1C. The van der Waals surface area contributed by atoms with Gasteiger partial charge in [-0.25, -0.2) is 15.0 Å². The molecule has 5 nitrogen and oxygen atoms in total. The number of aromatic nitrogens is 4. The molecular formula is C16H17N5. The Morgan fingerprint density at radius 3 is 2.71 bits per heavy atom. The van der Waals surface area contributed by atoms with Crippen LogP contribution in [0.15, 0.2) is 30.9 Å². The molecule has 106 valence electrons. The third kappa shape index (κ3) is 2.14. The van der Waals surface area contributed by atoms with Gasteiger partial charge in [0.05, 0.1) is 6.33 Å². The van der Waals surface area contributed by atoms with Gasteiger partial charge in [-0.3, -0.25) is 0 Å². The summed E-state index contributed by atoms with van der Waals surface area (Å²) in [7, 11) is 0. The molecule has 2 heterocycles. The molecule has 0 amide bonds. The number of anilines is 2. The average molecular weight is 279 g/mol. The molecule has 0 saturated heterocycles. The van der Waals surface area contributed by atoms with Gasteiger partial charge in [-0.15, -0.1) is 0 Å². The molecule has 0 unspecified atom stereocenters. The molecule has 1 saturated carbocycles. The van der Waals surface area contributed by atoms with Gasteiger partial charge in [0.2, 0.25) is 0 Å². The van der Waals surface area contributed by atoms with E-state index in [4.69, 9.17) is 0 Å². The summed E-state index contributed by atoms with van der Waals surface area (Å²) in [4.78, 5) is 13.2. The zero-order valence-electron chi connectivity index (χ0n) is 12.2. The number of rotatable bonds is 3. The minimum absolute atomic E-state index is 0.569. The topological polar surface area (TPSA) is 55.6 Å². The van der Waals surface area contributed by atoms with Crippen molar-refractivity contribution >= 4 is 22.7 Å². The lowest BCUT2D eigenvalue weighted by molar-refractivity contribution is 0.756. The van der Waals surface area contributed by atoms with Crippen molar-refractivity contribution in [3.63, 3.8) is 0 Å². The van der Waals surface area contributed by atoms with Crippen LogP contribution in [0.3, 0.4) is 0 Å². The maximum atomic E-state index is 4.49. The Morgan fingerprint density at radius 1 is 1.10 bits per heavy atom. The molecule has 21 heavy (non-hydrogen) atoms. The Balaban J connectivity index is 1.74. The van der Waals surface area contributed by atoms with E-state index in [0.29, 0.717) is 6.04 Å². The fourth-order valence-electron chi connectivity index (χ4n) is 2.52. The van der Waals surface area contributed by atoms with Crippen LogP contribution in [0.25, 0.3) is 11.2 Å². The number of nitrogens with one attached hydrogen (secondary N) is 1. The van der Waals surface area contributed by atoms with E-state index in [0.717, 1.165) is 22.7 Å². The van der Waals surface area contributed by atoms with E-state index in [-0.39, 0.29) is 0 Å². The van der Waals surface area contributed by atoms with E-state index in [1.807, 2.05) is 6.33 Å². The smallest absolute Gasteiger partial charge is 0.165 e. The first-order valence-electron chi connectivity index (χ1n) is 7.24. The minimum atomic E-state index is 0.569. The molecule has 0 radical (unpaired) electrons. The molecule has 1 aliphatic rings. The lowest BCUT2D eigenvalue weighted by atomic mass is 10.1. The molecule has 1 N–H and O–H groups in total. The largest absolute Gasteiger partial charge is 0.338 e. The van der Waals surface area contributed by atoms with Gasteiger partial charge in [0.15, 0.2) is 17.0 Å². The number of hydrogen-bond donors (Lipinski definition) is 1. The minimum Gasteiger partial charge on any atom is -0.338 e. The van der Waals surface area contributed by atoms with Crippen molar-refractivity contribution < 1.29 is 0 Å². The highest BCUT2D eigenvalue weighted by Crippen LogP contribution is 2.37. The Bertz CT molecular complexity index is 817. The second kappa shape index (κ2) is 4.55. The maximum absolute atomic E-state index is 4.49. The Labute approximate surface area is 123 Å². The summed E-state index contributed by atoms with van der Waals surface area (Å²) in [5.74, 6) is 0.766. The van der Waals surface area contributed by atoms with E-state index in [9.17, 15) is 0 Å². The summed E-state index contributed by atoms with van der Waals surface area (Å²) in [6.45, 7) is 4.22. The van der Waals surface area contributed by atoms with Gasteiger partial charge in [0, 0.05) is 11.7 Å². The first-order chi connectivity index (χ1) is 10.2. The van der Waals surface area contributed by atoms with Gasteiger partial charge in [0.1, 0.15) is 6.33 Å². The number of hydrogen-bond acceptors (Lipinski definition) is 4. The lowest BCUT2D eigenvalue weighted by Gasteiger charge is -2.08. The molecule has 4 rings (SSSR count). The first kappa shape index (κ1) is 12.3. The number of nitrogens with zero attached hydrogens (tertiary/aromatic N) is 4. The van der Waals surface area contributed by atoms with Crippen LogP contribution in [0.4, 0.5) is 11.5 Å². The monoisotopic (exact) mass is 279 g/mol. The molecule has 0 atom stereocenters. The average Bonchev–Trinajstić information content (AvgIpc) is 3.23.